The SMILES string of the molecule is Cc1ccc(C(=O)[C@@H]2[C@@H]3[C@@H]4C(=O)[C@@]5(c6ccccc6)[C@H]([C@H]43)[C@H]25)cc1. The van der Waals surface area contributed by atoms with Gasteiger partial charge in [0.15, 0.2) is 5.78 Å². The molecule has 4 aliphatic rings. The second-order valence-electron chi connectivity index (χ2n) is 8.09. The quantitative estimate of drug-likeness (QED) is 0.813. The monoisotopic (exact) mass is 314 g/mol. The summed E-state index contributed by atoms with van der Waals surface area (Å²) in [6, 6.07) is 18.1. The van der Waals surface area contributed by atoms with E-state index in [1.54, 1.807) is 0 Å². The van der Waals surface area contributed by atoms with Gasteiger partial charge in [-0.15, -0.1) is 0 Å². The fourth-order valence-corrected chi connectivity index (χ4v) is 6.46. The minimum absolute atomic E-state index is 0.0608. The molecule has 0 N–H and O–H groups in total. The van der Waals surface area contributed by atoms with Gasteiger partial charge in [-0.3, -0.25) is 9.59 Å². The Morgan fingerprint density at radius 3 is 2.29 bits per heavy atom. The van der Waals surface area contributed by atoms with Crippen molar-refractivity contribution >= 4 is 11.6 Å². The lowest BCUT2D eigenvalue weighted by Gasteiger charge is -2.27. The summed E-state index contributed by atoms with van der Waals surface area (Å²) in [6.45, 7) is 2.04. The molecule has 0 radical (unpaired) electrons. The first-order valence-electron chi connectivity index (χ1n) is 8.88. The van der Waals surface area contributed by atoms with Gasteiger partial charge in [-0.25, -0.2) is 0 Å². The van der Waals surface area contributed by atoms with E-state index < -0.39 is 0 Å². The van der Waals surface area contributed by atoms with E-state index in [2.05, 4.69) is 12.1 Å². The van der Waals surface area contributed by atoms with Crippen molar-refractivity contribution in [1.82, 2.24) is 0 Å². The van der Waals surface area contributed by atoms with Crippen LogP contribution >= 0.6 is 0 Å². The second kappa shape index (κ2) is 3.88. The Morgan fingerprint density at radius 2 is 1.62 bits per heavy atom. The van der Waals surface area contributed by atoms with Crippen LogP contribution in [0.5, 0.6) is 0 Å². The molecule has 0 heterocycles. The first kappa shape index (κ1) is 13.1. The third kappa shape index (κ3) is 1.21. The fraction of sp³-hybridized carbons (Fsp3) is 0.364. The van der Waals surface area contributed by atoms with Crippen molar-refractivity contribution in [3.05, 3.63) is 71.3 Å². The minimum Gasteiger partial charge on any atom is -0.298 e. The number of Topliss-reactive ketones (excluding diaryl/α,β-unsaturated/α-hetero) is 2. The summed E-state index contributed by atoms with van der Waals surface area (Å²) in [7, 11) is 0. The molecule has 2 heteroatoms. The van der Waals surface area contributed by atoms with Gasteiger partial charge in [0, 0.05) is 17.4 Å². The van der Waals surface area contributed by atoms with Crippen molar-refractivity contribution in [3.8, 4) is 0 Å². The number of carbonyl (C=O) groups excluding carboxylic acids is 2. The van der Waals surface area contributed by atoms with Gasteiger partial charge in [-0.1, -0.05) is 60.2 Å². The number of fused-ring (bicyclic) bond motifs is 2. The van der Waals surface area contributed by atoms with E-state index in [0.29, 0.717) is 23.5 Å². The van der Waals surface area contributed by atoms with E-state index in [0.717, 1.165) is 11.1 Å². The van der Waals surface area contributed by atoms with Crippen LogP contribution < -0.4 is 0 Å². The molecule has 24 heavy (non-hydrogen) atoms. The lowest BCUT2D eigenvalue weighted by molar-refractivity contribution is -0.124. The number of hydrogen-bond donors (Lipinski definition) is 0. The van der Waals surface area contributed by atoms with Gasteiger partial charge in [0.2, 0.25) is 0 Å². The number of benzene rings is 2. The van der Waals surface area contributed by atoms with E-state index >= 15 is 0 Å². The molecule has 118 valence electrons. The van der Waals surface area contributed by atoms with Gasteiger partial charge in [-0.05, 0) is 36.2 Å². The molecule has 4 saturated carbocycles. The highest BCUT2D eigenvalue weighted by atomic mass is 16.1. The van der Waals surface area contributed by atoms with E-state index in [-0.39, 0.29) is 29.0 Å². The number of aryl methyl sites for hydroxylation is 1. The van der Waals surface area contributed by atoms with Gasteiger partial charge in [-0.2, -0.15) is 0 Å². The van der Waals surface area contributed by atoms with Crippen LogP contribution in [0.4, 0.5) is 0 Å². The van der Waals surface area contributed by atoms with Crippen LogP contribution in [-0.2, 0) is 10.2 Å². The summed E-state index contributed by atoms with van der Waals surface area (Å²) < 4.78 is 0. The molecule has 0 bridgehead atoms. The lowest BCUT2D eigenvalue weighted by atomic mass is 9.74. The first-order valence-corrected chi connectivity index (χ1v) is 8.88. The predicted octanol–water partition coefficient (Wildman–Crippen LogP) is 3.44. The zero-order chi connectivity index (χ0) is 16.2. The van der Waals surface area contributed by atoms with Crippen molar-refractivity contribution in [3.63, 3.8) is 0 Å². The molecule has 2 nitrogen and oxygen atoms in total. The van der Waals surface area contributed by atoms with Crippen LogP contribution in [0.1, 0.15) is 21.5 Å². The van der Waals surface area contributed by atoms with Gasteiger partial charge in [0.25, 0.3) is 0 Å². The molecule has 4 fully saturated rings. The molecule has 0 spiro atoms. The van der Waals surface area contributed by atoms with Crippen molar-refractivity contribution in [2.24, 2.45) is 35.5 Å². The van der Waals surface area contributed by atoms with Gasteiger partial charge in [0.05, 0.1) is 5.41 Å². The first-order chi connectivity index (χ1) is 11.7. The van der Waals surface area contributed by atoms with Gasteiger partial charge < -0.3 is 0 Å². The standard InChI is InChI=1S/C22H18O2/c1-11-7-9-12(10-8-11)20(23)17-14-15-16(14)21(24)22(18(15)19(17)22)13-5-3-2-4-6-13/h2-10,14-19H,1H3/t14-,15-,16-,17+,18+,19-,22-/m0/s1. The van der Waals surface area contributed by atoms with Crippen LogP contribution in [0.3, 0.4) is 0 Å². The van der Waals surface area contributed by atoms with Crippen LogP contribution in [0.2, 0.25) is 0 Å². The largest absolute Gasteiger partial charge is 0.298 e. The average molecular weight is 314 g/mol. The third-order valence-corrected chi connectivity index (χ3v) is 7.28. The Balaban J connectivity index is 1.42. The van der Waals surface area contributed by atoms with Crippen LogP contribution in [0.15, 0.2) is 54.6 Å². The zero-order valence-electron chi connectivity index (χ0n) is 13.5. The van der Waals surface area contributed by atoms with Crippen LogP contribution in [-0.4, -0.2) is 11.6 Å². The van der Waals surface area contributed by atoms with E-state index in [9.17, 15) is 9.59 Å². The molecule has 0 saturated heterocycles. The Labute approximate surface area is 140 Å². The number of rotatable bonds is 3. The fourth-order valence-electron chi connectivity index (χ4n) is 6.46. The van der Waals surface area contributed by atoms with E-state index in [1.165, 1.54) is 5.56 Å². The summed E-state index contributed by atoms with van der Waals surface area (Å²) in [5.41, 5.74) is 2.82. The topological polar surface area (TPSA) is 34.1 Å². The summed E-state index contributed by atoms with van der Waals surface area (Å²) in [6.07, 6.45) is 0. The van der Waals surface area contributed by atoms with Crippen LogP contribution in [0, 0.1) is 42.4 Å². The molecule has 6 rings (SSSR count). The molecule has 0 unspecified atom stereocenters. The summed E-state index contributed by atoms with van der Waals surface area (Å²) >= 11 is 0. The predicted molar refractivity (Wildman–Crippen MR) is 89.6 cm³/mol. The molecule has 2 aromatic carbocycles. The number of ketones is 2. The highest BCUT2D eigenvalue weighted by molar-refractivity contribution is 6.10. The molecule has 0 aliphatic heterocycles. The van der Waals surface area contributed by atoms with Crippen molar-refractivity contribution in [2.75, 3.05) is 0 Å². The molecule has 0 aromatic heterocycles. The molecular formula is C22H18O2. The Bertz CT molecular complexity index is 897. The van der Waals surface area contributed by atoms with Crippen LogP contribution in [0.25, 0.3) is 0 Å². The van der Waals surface area contributed by atoms with Gasteiger partial charge in [0.1, 0.15) is 5.78 Å². The van der Waals surface area contributed by atoms with E-state index in [4.69, 9.17) is 0 Å². The lowest BCUT2D eigenvalue weighted by Crippen LogP contribution is -2.36. The second-order valence-corrected chi connectivity index (χ2v) is 8.09. The Hall–Kier alpha value is -2.22. The maximum atomic E-state index is 13.2. The van der Waals surface area contributed by atoms with Crippen molar-refractivity contribution in [1.29, 1.82) is 0 Å². The average Bonchev–Trinajstić information content (AvgIpc) is 3.45. The Morgan fingerprint density at radius 1 is 0.917 bits per heavy atom. The van der Waals surface area contributed by atoms with E-state index in [1.807, 2.05) is 49.4 Å². The molecule has 7 atom stereocenters. The summed E-state index contributed by atoms with van der Waals surface area (Å²) in [4.78, 5) is 26.2. The van der Waals surface area contributed by atoms with Gasteiger partial charge >= 0.3 is 0 Å². The molecule has 2 aromatic rings. The normalized spacial score (nSPS) is 42.8. The summed E-state index contributed by atoms with van der Waals surface area (Å²) in [5.74, 6) is 2.44. The molecule has 0 amide bonds. The van der Waals surface area contributed by atoms with Crippen molar-refractivity contribution in [2.45, 2.75) is 12.3 Å². The minimum atomic E-state index is -0.323. The molecule has 4 aliphatic carbocycles. The zero-order valence-corrected chi connectivity index (χ0v) is 13.5. The smallest absolute Gasteiger partial charge is 0.166 e. The highest BCUT2D eigenvalue weighted by Crippen LogP contribution is 2.90. The number of hydrogen-bond acceptors (Lipinski definition) is 2. The van der Waals surface area contributed by atoms with Crippen molar-refractivity contribution < 1.29 is 9.59 Å². The third-order valence-electron chi connectivity index (χ3n) is 7.28. The maximum absolute atomic E-state index is 13.2. The summed E-state index contributed by atoms with van der Waals surface area (Å²) in [5, 5.41) is 0. The Kier molecular flexibility index (Phi) is 2.12. The maximum Gasteiger partial charge on any atom is 0.166 e. The number of carbonyl (C=O) groups is 2. The highest BCUT2D eigenvalue weighted by Gasteiger charge is 2.95. The molecular weight excluding hydrogens is 296 g/mol.